The van der Waals surface area contributed by atoms with Gasteiger partial charge in [0.1, 0.15) is 5.60 Å². The summed E-state index contributed by atoms with van der Waals surface area (Å²) in [4.78, 5) is 33.4. The van der Waals surface area contributed by atoms with Crippen LogP contribution in [0.5, 0.6) is 0 Å². The minimum absolute atomic E-state index is 0.00493. The summed E-state index contributed by atoms with van der Waals surface area (Å²) in [5.41, 5.74) is 0.467. The molecule has 26 heavy (non-hydrogen) atoms. The number of fused-ring (bicyclic) bond motifs is 1. The summed E-state index contributed by atoms with van der Waals surface area (Å²) < 4.78 is 6.12. The second-order valence-electron chi connectivity index (χ2n) is 7.66. The van der Waals surface area contributed by atoms with Crippen molar-refractivity contribution in [3.63, 3.8) is 0 Å². The van der Waals surface area contributed by atoms with Crippen LogP contribution in [0.15, 0.2) is 36.7 Å². The molecule has 4 aliphatic rings. The van der Waals surface area contributed by atoms with Gasteiger partial charge >= 0.3 is 0 Å². The predicted molar refractivity (Wildman–Crippen MR) is 90.8 cm³/mol. The molecule has 4 aliphatic heterocycles. The highest BCUT2D eigenvalue weighted by Crippen LogP contribution is 2.52. The van der Waals surface area contributed by atoms with Crippen molar-refractivity contribution in [2.75, 3.05) is 26.2 Å². The van der Waals surface area contributed by atoms with Gasteiger partial charge in [0.05, 0.1) is 30.6 Å². The van der Waals surface area contributed by atoms with Crippen molar-refractivity contribution in [1.82, 2.24) is 14.8 Å². The molecule has 0 aliphatic carbocycles. The van der Waals surface area contributed by atoms with Gasteiger partial charge in [0.25, 0.3) is 0 Å². The van der Waals surface area contributed by atoms with Gasteiger partial charge in [-0.25, -0.2) is 0 Å². The van der Waals surface area contributed by atoms with Gasteiger partial charge in [-0.2, -0.15) is 0 Å². The number of hydrogen-bond donors (Lipinski definition) is 1. The van der Waals surface area contributed by atoms with Crippen LogP contribution in [0.1, 0.15) is 5.56 Å². The van der Waals surface area contributed by atoms with Crippen LogP contribution in [-0.2, 0) is 20.7 Å². The minimum atomic E-state index is -0.663. The fourth-order valence-electron chi connectivity index (χ4n) is 4.71. The number of β-amino-alcohol motifs (C(OH)–C–C–N with tert-alkyl or cyclic N) is 1. The first-order valence-electron chi connectivity index (χ1n) is 9.09. The van der Waals surface area contributed by atoms with Crippen LogP contribution >= 0.6 is 0 Å². The molecule has 0 radical (unpaired) electrons. The normalized spacial score (nSPS) is 35.1. The molecule has 3 fully saturated rings. The number of pyridine rings is 1. The lowest BCUT2D eigenvalue weighted by Gasteiger charge is -2.39. The highest BCUT2D eigenvalue weighted by atomic mass is 16.5. The van der Waals surface area contributed by atoms with Gasteiger partial charge in [-0.3, -0.25) is 14.6 Å². The number of nitrogens with zero attached hydrogens (tertiary/aromatic N) is 3. The standard InChI is InChI=1S/C19H21N3O4/c23-13-9-22(10-13)17(24)15-14-1-5-19(26-14)11-21(18(25)16(15)19)8-4-12-2-6-20-7-3-12/h1-3,5-7,13-16,23H,4,8-11H2/t14-,15?,16?,19-/m1/s1. The summed E-state index contributed by atoms with van der Waals surface area (Å²) in [6, 6.07) is 3.90. The third kappa shape index (κ3) is 2.23. The number of carbonyl (C=O) groups is 2. The van der Waals surface area contributed by atoms with Gasteiger partial charge < -0.3 is 19.6 Å². The zero-order valence-electron chi connectivity index (χ0n) is 14.3. The molecule has 5 heterocycles. The number of amides is 2. The fraction of sp³-hybridized carbons (Fsp3) is 0.526. The summed E-state index contributed by atoms with van der Waals surface area (Å²) in [5.74, 6) is -0.975. The van der Waals surface area contributed by atoms with E-state index in [-0.39, 0.29) is 17.9 Å². The van der Waals surface area contributed by atoms with Gasteiger partial charge in [0.2, 0.25) is 11.8 Å². The van der Waals surface area contributed by atoms with E-state index in [9.17, 15) is 14.7 Å². The zero-order valence-corrected chi connectivity index (χ0v) is 14.3. The lowest BCUT2D eigenvalue weighted by molar-refractivity contribution is -0.151. The van der Waals surface area contributed by atoms with E-state index in [1.54, 1.807) is 17.3 Å². The first-order chi connectivity index (χ1) is 12.6. The highest BCUT2D eigenvalue weighted by Gasteiger charge is 2.67. The molecule has 4 atom stereocenters. The average Bonchev–Trinajstić information content (AvgIpc) is 3.26. The molecule has 1 aromatic rings. The first kappa shape index (κ1) is 16.0. The molecule has 7 nitrogen and oxygen atoms in total. The molecule has 5 rings (SSSR count). The van der Waals surface area contributed by atoms with Gasteiger partial charge in [0.15, 0.2) is 0 Å². The van der Waals surface area contributed by atoms with Crippen molar-refractivity contribution in [2.24, 2.45) is 11.8 Å². The Bertz CT molecular complexity index is 776. The molecule has 2 unspecified atom stereocenters. The van der Waals surface area contributed by atoms with Crippen LogP contribution < -0.4 is 0 Å². The lowest BCUT2D eigenvalue weighted by atomic mass is 9.76. The van der Waals surface area contributed by atoms with Gasteiger partial charge in [-0.15, -0.1) is 0 Å². The number of rotatable bonds is 4. The molecule has 1 aromatic heterocycles. The molecule has 2 amide bonds. The maximum atomic E-state index is 13.1. The zero-order chi connectivity index (χ0) is 17.9. The molecule has 0 aromatic carbocycles. The Hall–Kier alpha value is -2.25. The van der Waals surface area contributed by atoms with E-state index in [4.69, 9.17) is 4.74 Å². The van der Waals surface area contributed by atoms with Crippen LogP contribution in [0, 0.1) is 11.8 Å². The summed E-state index contributed by atoms with van der Waals surface area (Å²) in [7, 11) is 0. The Morgan fingerprint density at radius 2 is 2.12 bits per heavy atom. The Labute approximate surface area is 151 Å². The Balaban J connectivity index is 1.33. The number of ether oxygens (including phenoxy) is 1. The van der Waals surface area contributed by atoms with Crippen molar-refractivity contribution >= 4 is 11.8 Å². The molecule has 136 valence electrons. The fourth-order valence-corrected chi connectivity index (χ4v) is 4.71. The van der Waals surface area contributed by atoms with E-state index in [1.165, 1.54) is 0 Å². The average molecular weight is 355 g/mol. The third-order valence-corrected chi connectivity index (χ3v) is 6.06. The maximum absolute atomic E-state index is 13.1. The summed E-state index contributed by atoms with van der Waals surface area (Å²) in [6.45, 7) is 1.81. The lowest BCUT2D eigenvalue weighted by Crippen LogP contribution is -2.57. The van der Waals surface area contributed by atoms with Gasteiger partial charge in [0, 0.05) is 32.0 Å². The molecule has 1 spiro atoms. The van der Waals surface area contributed by atoms with E-state index in [2.05, 4.69) is 4.98 Å². The topological polar surface area (TPSA) is 83.0 Å². The van der Waals surface area contributed by atoms with Crippen LogP contribution in [0.3, 0.4) is 0 Å². The number of aliphatic hydroxyl groups excluding tert-OH is 1. The van der Waals surface area contributed by atoms with Crippen molar-refractivity contribution < 1.29 is 19.4 Å². The van der Waals surface area contributed by atoms with E-state index in [1.807, 2.05) is 29.2 Å². The van der Waals surface area contributed by atoms with Crippen LogP contribution in [-0.4, -0.2) is 75.7 Å². The molecule has 0 saturated carbocycles. The van der Waals surface area contributed by atoms with Crippen molar-refractivity contribution in [1.29, 1.82) is 0 Å². The summed E-state index contributed by atoms with van der Waals surface area (Å²) in [5, 5.41) is 9.48. The van der Waals surface area contributed by atoms with Crippen LogP contribution in [0.25, 0.3) is 0 Å². The van der Waals surface area contributed by atoms with E-state index >= 15 is 0 Å². The van der Waals surface area contributed by atoms with Gasteiger partial charge in [-0.05, 0) is 24.1 Å². The summed E-state index contributed by atoms with van der Waals surface area (Å²) >= 11 is 0. The second kappa shape index (κ2) is 5.62. The van der Waals surface area contributed by atoms with Crippen molar-refractivity contribution in [2.45, 2.75) is 24.2 Å². The molecule has 7 heteroatoms. The quantitative estimate of drug-likeness (QED) is 0.744. The minimum Gasteiger partial charge on any atom is -0.389 e. The summed E-state index contributed by atoms with van der Waals surface area (Å²) in [6.07, 6.45) is 7.38. The highest BCUT2D eigenvalue weighted by molar-refractivity contribution is 5.93. The maximum Gasteiger partial charge on any atom is 0.230 e. The molecule has 2 bridgehead atoms. The number of aromatic nitrogens is 1. The number of likely N-dealkylation sites (tertiary alicyclic amines) is 2. The number of aliphatic hydroxyl groups is 1. The Morgan fingerprint density at radius 3 is 2.85 bits per heavy atom. The van der Waals surface area contributed by atoms with Gasteiger partial charge in [-0.1, -0.05) is 12.2 Å². The largest absolute Gasteiger partial charge is 0.389 e. The first-order valence-corrected chi connectivity index (χ1v) is 9.09. The SMILES string of the molecule is O=C(C1C2C(=O)N(CCc3ccncc3)C[C@]23C=C[C@H]1O3)N1CC(O)C1. The third-order valence-electron chi connectivity index (χ3n) is 6.06. The van der Waals surface area contributed by atoms with Crippen LogP contribution in [0.2, 0.25) is 0 Å². The molecule has 1 N–H and O–H groups in total. The second-order valence-corrected chi connectivity index (χ2v) is 7.66. The monoisotopic (exact) mass is 355 g/mol. The molecular formula is C19H21N3O4. The molecule has 3 saturated heterocycles. The smallest absolute Gasteiger partial charge is 0.230 e. The number of hydrogen-bond acceptors (Lipinski definition) is 5. The van der Waals surface area contributed by atoms with E-state index in [0.717, 1.165) is 12.0 Å². The Kier molecular flexibility index (Phi) is 3.45. The molecular weight excluding hydrogens is 334 g/mol. The predicted octanol–water partition coefficient (Wildman–Crippen LogP) is -0.391. The van der Waals surface area contributed by atoms with E-state index in [0.29, 0.717) is 26.2 Å². The van der Waals surface area contributed by atoms with Crippen molar-refractivity contribution in [3.05, 3.63) is 42.2 Å². The van der Waals surface area contributed by atoms with E-state index < -0.39 is 23.5 Å². The Morgan fingerprint density at radius 1 is 1.35 bits per heavy atom. The number of carbonyl (C=O) groups excluding carboxylic acids is 2. The van der Waals surface area contributed by atoms with Crippen LogP contribution in [0.4, 0.5) is 0 Å². The van der Waals surface area contributed by atoms with Crippen molar-refractivity contribution in [3.8, 4) is 0 Å².